The van der Waals surface area contributed by atoms with Crippen LogP contribution in [0.4, 0.5) is 0 Å². The number of nitrogens with two attached hydrogens (primary N) is 1. The lowest BCUT2D eigenvalue weighted by atomic mass is 9.78. The molecule has 3 nitrogen and oxygen atoms in total. The average molecular weight is 205 g/mol. The van der Waals surface area contributed by atoms with Crippen molar-refractivity contribution in [1.82, 2.24) is 0 Å². The van der Waals surface area contributed by atoms with Gasteiger partial charge in [0, 0.05) is 6.42 Å². The summed E-state index contributed by atoms with van der Waals surface area (Å²) in [6.07, 6.45) is 1.73. The summed E-state index contributed by atoms with van der Waals surface area (Å²) in [5, 5.41) is 9.07. The van der Waals surface area contributed by atoms with Crippen LogP contribution in [0.3, 0.4) is 0 Å². The molecule has 1 aromatic rings. The number of hydrogen-bond donors (Lipinski definition) is 2. The fraction of sp³-hybridized carbons (Fsp3) is 0.417. The van der Waals surface area contributed by atoms with Gasteiger partial charge in [0.15, 0.2) is 0 Å². The van der Waals surface area contributed by atoms with Crippen LogP contribution in [-0.2, 0) is 17.6 Å². The molecule has 80 valence electrons. The van der Waals surface area contributed by atoms with E-state index in [4.69, 9.17) is 10.8 Å². The van der Waals surface area contributed by atoms with E-state index in [-0.39, 0.29) is 0 Å². The number of fused-ring (bicyclic) bond motifs is 1. The zero-order valence-corrected chi connectivity index (χ0v) is 8.79. The maximum Gasteiger partial charge on any atom is 0.324 e. The largest absolute Gasteiger partial charge is 0.480 e. The molecule has 1 unspecified atom stereocenters. The predicted octanol–water partition coefficient (Wildman–Crippen LogP) is 1.27. The van der Waals surface area contributed by atoms with E-state index in [1.807, 2.05) is 13.0 Å². The maximum absolute atomic E-state index is 11.0. The normalized spacial score (nSPS) is 24.7. The zero-order valence-electron chi connectivity index (χ0n) is 8.79. The van der Waals surface area contributed by atoms with E-state index < -0.39 is 11.5 Å². The molecule has 0 saturated carbocycles. The molecule has 1 aliphatic rings. The molecule has 0 aromatic heterocycles. The third-order valence-electron chi connectivity index (χ3n) is 3.13. The van der Waals surface area contributed by atoms with Crippen LogP contribution in [0.2, 0.25) is 0 Å². The van der Waals surface area contributed by atoms with Gasteiger partial charge in [0.1, 0.15) is 5.54 Å². The van der Waals surface area contributed by atoms with Crippen molar-refractivity contribution < 1.29 is 9.90 Å². The summed E-state index contributed by atoms with van der Waals surface area (Å²) in [7, 11) is 0. The summed E-state index contributed by atoms with van der Waals surface area (Å²) in [4.78, 5) is 11.0. The van der Waals surface area contributed by atoms with Crippen LogP contribution in [0.5, 0.6) is 0 Å². The quantitative estimate of drug-likeness (QED) is 0.725. The van der Waals surface area contributed by atoms with E-state index in [2.05, 4.69) is 12.1 Å². The van der Waals surface area contributed by atoms with Gasteiger partial charge in [0.2, 0.25) is 0 Å². The molecule has 1 aliphatic carbocycles. The maximum atomic E-state index is 11.0. The van der Waals surface area contributed by atoms with Gasteiger partial charge in [-0.3, -0.25) is 4.79 Å². The summed E-state index contributed by atoms with van der Waals surface area (Å²) < 4.78 is 0. The Morgan fingerprint density at radius 1 is 1.47 bits per heavy atom. The fourth-order valence-corrected chi connectivity index (χ4v) is 2.13. The zero-order chi connectivity index (χ0) is 11.1. The van der Waals surface area contributed by atoms with Crippen LogP contribution in [0.1, 0.15) is 23.1 Å². The number of aryl methyl sites for hydroxylation is 2. The lowest BCUT2D eigenvalue weighted by Gasteiger charge is -2.30. The lowest BCUT2D eigenvalue weighted by molar-refractivity contribution is -0.143. The van der Waals surface area contributed by atoms with Crippen molar-refractivity contribution in [3.63, 3.8) is 0 Å². The third-order valence-corrected chi connectivity index (χ3v) is 3.13. The van der Waals surface area contributed by atoms with Crippen molar-refractivity contribution in [2.45, 2.75) is 31.7 Å². The summed E-state index contributed by atoms with van der Waals surface area (Å²) in [5.41, 5.74) is 8.28. The highest BCUT2D eigenvalue weighted by Gasteiger charge is 2.37. The Bertz CT molecular complexity index is 414. The third kappa shape index (κ3) is 1.75. The number of carboxylic acids is 1. The minimum Gasteiger partial charge on any atom is -0.480 e. The molecule has 2 rings (SSSR count). The van der Waals surface area contributed by atoms with Crippen LogP contribution in [0, 0.1) is 6.92 Å². The van der Waals surface area contributed by atoms with Crippen molar-refractivity contribution in [2.24, 2.45) is 5.73 Å². The molecule has 0 saturated heterocycles. The van der Waals surface area contributed by atoms with Gasteiger partial charge < -0.3 is 10.8 Å². The molecular weight excluding hydrogens is 190 g/mol. The molecule has 0 amide bonds. The summed E-state index contributed by atoms with van der Waals surface area (Å²) in [6.45, 7) is 2.01. The molecule has 0 heterocycles. The SMILES string of the molecule is Cc1ccc2c(c1)CC(N)(C(=O)O)CC2. The molecule has 1 aromatic carbocycles. The molecule has 0 fully saturated rings. The second kappa shape index (κ2) is 3.35. The first-order valence-corrected chi connectivity index (χ1v) is 5.12. The summed E-state index contributed by atoms with van der Waals surface area (Å²) >= 11 is 0. The standard InChI is InChI=1S/C12H15NO2/c1-8-2-3-9-4-5-12(13,11(14)15)7-10(9)6-8/h2-3,6H,4-5,7,13H2,1H3,(H,14,15). The van der Waals surface area contributed by atoms with Gasteiger partial charge in [-0.2, -0.15) is 0 Å². The first-order valence-electron chi connectivity index (χ1n) is 5.12. The van der Waals surface area contributed by atoms with E-state index in [0.29, 0.717) is 12.8 Å². The molecular formula is C12H15NO2. The summed E-state index contributed by atoms with van der Waals surface area (Å²) in [5.74, 6) is -0.894. The first-order chi connectivity index (χ1) is 7.01. The molecule has 15 heavy (non-hydrogen) atoms. The van der Waals surface area contributed by atoms with E-state index in [1.165, 1.54) is 5.56 Å². The minimum atomic E-state index is -1.07. The van der Waals surface area contributed by atoms with Crippen molar-refractivity contribution in [3.05, 3.63) is 34.9 Å². The molecule has 0 aliphatic heterocycles. The van der Waals surface area contributed by atoms with Crippen molar-refractivity contribution >= 4 is 5.97 Å². The number of carbonyl (C=O) groups is 1. The minimum absolute atomic E-state index is 0.444. The summed E-state index contributed by atoms with van der Waals surface area (Å²) in [6, 6.07) is 6.17. The lowest BCUT2D eigenvalue weighted by Crippen LogP contribution is -2.52. The Morgan fingerprint density at radius 2 is 2.20 bits per heavy atom. The predicted molar refractivity (Wildman–Crippen MR) is 57.8 cm³/mol. The second-order valence-electron chi connectivity index (χ2n) is 4.41. The molecule has 3 heteroatoms. The van der Waals surface area contributed by atoms with Crippen LogP contribution < -0.4 is 5.73 Å². The fourth-order valence-electron chi connectivity index (χ4n) is 2.13. The molecule has 0 spiro atoms. The first kappa shape index (κ1) is 10.2. The van der Waals surface area contributed by atoms with Crippen molar-refractivity contribution in [3.8, 4) is 0 Å². The van der Waals surface area contributed by atoms with E-state index in [0.717, 1.165) is 17.5 Å². The van der Waals surface area contributed by atoms with E-state index >= 15 is 0 Å². The molecule has 1 atom stereocenters. The van der Waals surface area contributed by atoms with Crippen LogP contribution in [-0.4, -0.2) is 16.6 Å². The highest BCUT2D eigenvalue weighted by molar-refractivity contribution is 5.79. The van der Waals surface area contributed by atoms with Gasteiger partial charge in [-0.1, -0.05) is 23.8 Å². The van der Waals surface area contributed by atoms with Gasteiger partial charge in [0.05, 0.1) is 0 Å². The Morgan fingerprint density at radius 3 is 2.87 bits per heavy atom. The van der Waals surface area contributed by atoms with Gasteiger partial charge in [-0.15, -0.1) is 0 Å². The second-order valence-corrected chi connectivity index (χ2v) is 4.41. The van der Waals surface area contributed by atoms with Gasteiger partial charge >= 0.3 is 5.97 Å². The number of hydrogen-bond acceptors (Lipinski definition) is 2. The topological polar surface area (TPSA) is 63.3 Å². The number of benzene rings is 1. The Hall–Kier alpha value is -1.35. The number of carboxylic acid groups (broad SMARTS) is 1. The molecule has 0 radical (unpaired) electrons. The van der Waals surface area contributed by atoms with Crippen LogP contribution in [0.25, 0.3) is 0 Å². The van der Waals surface area contributed by atoms with Crippen LogP contribution in [0.15, 0.2) is 18.2 Å². The van der Waals surface area contributed by atoms with Crippen molar-refractivity contribution in [2.75, 3.05) is 0 Å². The van der Waals surface area contributed by atoms with Crippen LogP contribution >= 0.6 is 0 Å². The molecule has 3 N–H and O–H groups in total. The Kier molecular flexibility index (Phi) is 2.27. The highest BCUT2D eigenvalue weighted by atomic mass is 16.4. The van der Waals surface area contributed by atoms with Gasteiger partial charge in [-0.25, -0.2) is 0 Å². The number of aliphatic carboxylic acids is 1. The Labute approximate surface area is 88.9 Å². The van der Waals surface area contributed by atoms with Gasteiger partial charge in [0.25, 0.3) is 0 Å². The number of rotatable bonds is 1. The monoisotopic (exact) mass is 205 g/mol. The highest BCUT2D eigenvalue weighted by Crippen LogP contribution is 2.27. The van der Waals surface area contributed by atoms with Gasteiger partial charge in [-0.05, 0) is 30.9 Å². The van der Waals surface area contributed by atoms with Crippen molar-refractivity contribution in [1.29, 1.82) is 0 Å². The smallest absolute Gasteiger partial charge is 0.324 e. The average Bonchev–Trinajstić information content (AvgIpc) is 2.16. The Balaban J connectivity index is 2.37. The molecule has 0 bridgehead atoms. The van der Waals surface area contributed by atoms with E-state index in [9.17, 15) is 4.79 Å². The van der Waals surface area contributed by atoms with E-state index in [1.54, 1.807) is 0 Å².